The van der Waals surface area contributed by atoms with Crippen LogP contribution in [0.3, 0.4) is 0 Å². The van der Waals surface area contributed by atoms with Crippen LogP contribution in [0, 0.1) is 5.82 Å². The average Bonchev–Trinajstić information content (AvgIpc) is 3.48. The van der Waals surface area contributed by atoms with Crippen LogP contribution in [0.4, 0.5) is 10.1 Å². The zero-order valence-corrected chi connectivity index (χ0v) is 19.3. The van der Waals surface area contributed by atoms with Crippen molar-refractivity contribution < 1.29 is 23.5 Å². The number of carbonyl (C=O) groups excluding carboxylic acids is 3. The van der Waals surface area contributed by atoms with Gasteiger partial charge in [-0.1, -0.05) is 23.9 Å². The van der Waals surface area contributed by atoms with Gasteiger partial charge in [0.2, 0.25) is 5.91 Å². The summed E-state index contributed by atoms with van der Waals surface area (Å²) in [4.78, 5) is 43.1. The van der Waals surface area contributed by atoms with Gasteiger partial charge in [-0.25, -0.2) is 4.39 Å². The minimum absolute atomic E-state index is 0.0363. The molecule has 2 N–H and O–H groups in total. The van der Waals surface area contributed by atoms with Gasteiger partial charge in [-0.05, 0) is 49.2 Å². The van der Waals surface area contributed by atoms with E-state index in [1.807, 2.05) is 0 Å². The highest BCUT2D eigenvalue weighted by Gasteiger charge is 2.33. The molecule has 2 heterocycles. The summed E-state index contributed by atoms with van der Waals surface area (Å²) in [5.74, 6) is -1.19. The Balaban J connectivity index is 1.19. The van der Waals surface area contributed by atoms with E-state index in [2.05, 4.69) is 20.5 Å². The highest BCUT2D eigenvalue weighted by atomic mass is 32.2. The smallest absolute Gasteiger partial charge is 0.262 e. The quantitative estimate of drug-likeness (QED) is 0.559. The van der Waals surface area contributed by atoms with E-state index in [1.54, 1.807) is 36.4 Å². The van der Waals surface area contributed by atoms with Crippen molar-refractivity contribution in [2.24, 2.45) is 4.99 Å². The molecule has 3 amide bonds. The van der Waals surface area contributed by atoms with Crippen molar-refractivity contribution in [3.8, 4) is 5.75 Å². The van der Waals surface area contributed by atoms with Gasteiger partial charge in [0.25, 0.3) is 11.8 Å². The molecule has 2 aliphatic heterocycles. The van der Waals surface area contributed by atoms with Gasteiger partial charge in [-0.3, -0.25) is 14.4 Å². The second-order valence-corrected chi connectivity index (χ2v) is 9.07. The Bertz CT molecular complexity index is 1090. The average molecular weight is 485 g/mol. The zero-order valence-electron chi connectivity index (χ0n) is 18.5. The second kappa shape index (κ2) is 11.1. The van der Waals surface area contributed by atoms with Crippen molar-refractivity contribution in [1.82, 2.24) is 10.2 Å². The first-order valence-corrected chi connectivity index (χ1v) is 12.0. The van der Waals surface area contributed by atoms with Crippen molar-refractivity contribution in [3.05, 3.63) is 59.9 Å². The van der Waals surface area contributed by atoms with Crippen molar-refractivity contribution in [2.75, 3.05) is 31.6 Å². The minimum atomic E-state index is -0.507. The van der Waals surface area contributed by atoms with Crippen LogP contribution >= 0.6 is 11.8 Å². The number of para-hydroxylation sites is 1. The maximum Gasteiger partial charge on any atom is 0.262 e. The Morgan fingerprint density at radius 1 is 1.12 bits per heavy atom. The third kappa shape index (κ3) is 6.13. The van der Waals surface area contributed by atoms with E-state index in [9.17, 15) is 18.8 Å². The normalized spacial score (nSPS) is 17.4. The number of anilines is 1. The molecule has 178 valence electrons. The van der Waals surface area contributed by atoms with Crippen LogP contribution in [0.5, 0.6) is 5.75 Å². The molecule has 10 heteroatoms. The van der Waals surface area contributed by atoms with E-state index in [0.29, 0.717) is 11.3 Å². The molecule has 2 aliphatic rings. The number of benzene rings is 2. The Morgan fingerprint density at radius 2 is 1.85 bits per heavy atom. The highest BCUT2D eigenvalue weighted by Crippen LogP contribution is 2.29. The first kappa shape index (κ1) is 23.7. The first-order chi connectivity index (χ1) is 16.5. The number of ether oxygens (including phenoxy) is 1. The number of carbonyl (C=O) groups is 3. The van der Waals surface area contributed by atoms with E-state index >= 15 is 0 Å². The fourth-order valence-corrected chi connectivity index (χ4v) is 4.74. The number of amides is 3. The van der Waals surface area contributed by atoms with Gasteiger partial charge < -0.3 is 20.3 Å². The van der Waals surface area contributed by atoms with Gasteiger partial charge in [0.15, 0.2) is 16.7 Å². The maximum atomic E-state index is 13.5. The Hall–Kier alpha value is -3.40. The molecule has 8 nitrogen and oxygen atoms in total. The van der Waals surface area contributed by atoms with E-state index < -0.39 is 11.1 Å². The second-order valence-electron chi connectivity index (χ2n) is 7.90. The first-order valence-electron chi connectivity index (χ1n) is 11.1. The molecule has 0 aromatic heterocycles. The number of nitrogens with one attached hydrogen (secondary N) is 2. The standard InChI is InChI=1S/C24H25FN4O4S/c25-18-5-1-2-6-19(18)33-14-11-26-22(31)16-7-9-17(10-8-16)27-21(30)15-20-23(32)28-24(34-20)29-12-3-4-13-29/h1-2,5-10,20H,3-4,11-15H2,(H,26,31)(H,27,30). The van der Waals surface area contributed by atoms with E-state index in [4.69, 9.17) is 4.74 Å². The van der Waals surface area contributed by atoms with Crippen LogP contribution in [-0.2, 0) is 9.59 Å². The number of nitrogens with zero attached hydrogens (tertiary/aromatic N) is 2. The maximum absolute atomic E-state index is 13.5. The predicted molar refractivity (Wildman–Crippen MR) is 129 cm³/mol. The summed E-state index contributed by atoms with van der Waals surface area (Å²) < 4.78 is 18.8. The molecular formula is C24H25FN4O4S. The largest absolute Gasteiger partial charge is 0.489 e. The molecule has 1 saturated heterocycles. The lowest BCUT2D eigenvalue weighted by molar-refractivity contribution is -0.121. The summed E-state index contributed by atoms with van der Waals surface area (Å²) in [6.07, 6.45) is 2.22. The molecule has 1 atom stereocenters. The highest BCUT2D eigenvalue weighted by molar-refractivity contribution is 8.15. The molecule has 1 unspecified atom stereocenters. The van der Waals surface area contributed by atoms with Crippen LogP contribution in [0.2, 0.25) is 0 Å². The molecule has 2 aromatic carbocycles. The summed E-state index contributed by atoms with van der Waals surface area (Å²) in [5.41, 5.74) is 0.939. The van der Waals surface area contributed by atoms with Crippen molar-refractivity contribution >= 4 is 40.3 Å². The third-order valence-corrected chi connectivity index (χ3v) is 6.60. The van der Waals surface area contributed by atoms with E-state index in [-0.39, 0.29) is 43.0 Å². The molecule has 0 saturated carbocycles. The number of thioether (sulfide) groups is 1. The zero-order chi connectivity index (χ0) is 23.9. The number of hydrogen-bond acceptors (Lipinski definition) is 6. The number of aliphatic imine (C=N–C) groups is 1. The summed E-state index contributed by atoms with van der Waals surface area (Å²) >= 11 is 1.35. The predicted octanol–water partition coefficient (Wildman–Crippen LogP) is 3.06. The summed E-state index contributed by atoms with van der Waals surface area (Å²) in [5, 5.41) is 5.67. The van der Waals surface area contributed by atoms with Crippen LogP contribution in [0.1, 0.15) is 29.6 Å². The number of likely N-dealkylation sites (tertiary alicyclic amines) is 1. The lowest BCUT2D eigenvalue weighted by Gasteiger charge is -2.16. The number of rotatable bonds is 8. The molecule has 4 rings (SSSR count). The topological polar surface area (TPSA) is 100 Å². The van der Waals surface area contributed by atoms with Crippen LogP contribution in [-0.4, -0.2) is 59.3 Å². The van der Waals surface area contributed by atoms with Crippen molar-refractivity contribution in [2.45, 2.75) is 24.5 Å². The summed E-state index contributed by atoms with van der Waals surface area (Å²) in [6, 6.07) is 12.5. The minimum Gasteiger partial charge on any atom is -0.489 e. The lowest BCUT2D eigenvalue weighted by Crippen LogP contribution is -2.28. The Labute approximate surface area is 200 Å². The van der Waals surface area contributed by atoms with Crippen LogP contribution in [0.15, 0.2) is 53.5 Å². The van der Waals surface area contributed by atoms with Crippen LogP contribution in [0.25, 0.3) is 0 Å². The van der Waals surface area contributed by atoms with Gasteiger partial charge in [-0.2, -0.15) is 4.99 Å². The van der Waals surface area contributed by atoms with Crippen LogP contribution < -0.4 is 15.4 Å². The summed E-state index contributed by atoms with van der Waals surface area (Å²) in [7, 11) is 0. The molecule has 2 aromatic rings. The lowest BCUT2D eigenvalue weighted by atomic mass is 10.2. The number of hydrogen-bond donors (Lipinski definition) is 2. The fraction of sp³-hybridized carbons (Fsp3) is 0.333. The molecule has 0 bridgehead atoms. The van der Waals surface area contributed by atoms with Gasteiger partial charge in [0.05, 0.1) is 6.54 Å². The molecule has 34 heavy (non-hydrogen) atoms. The Kier molecular flexibility index (Phi) is 7.79. The summed E-state index contributed by atoms with van der Waals surface area (Å²) in [6.45, 7) is 2.13. The molecule has 1 fully saturated rings. The van der Waals surface area contributed by atoms with Gasteiger partial charge in [0, 0.05) is 30.8 Å². The van der Waals surface area contributed by atoms with Gasteiger partial charge in [-0.15, -0.1) is 0 Å². The monoisotopic (exact) mass is 484 g/mol. The molecule has 0 radical (unpaired) electrons. The molecular weight excluding hydrogens is 459 g/mol. The fourth-order valence-electron chi connectivity index (χ4n) is 3.63. The molecule has 0 aliphatic carbocycles. The van der Waals surface area contributed by atoms with Gasteiger partial charge in [0.1, 0.15) is 11.9 Å². The SMILES string of the molecule is O=C(CC1SC(N2CCCC2)=NC1=O)Nc1ccc(C(=O)NCCOc2ccccc2F)cc1. The number of amidine groups is 1. The van der Waals surface area contributed by atoms with E-state index in [0.717, 1.165) is 31.1 Å². The molecule has 0 spiro atoms. The Morgan fingerprint density at radius 3 is 2.59 bits per heavy atom. The third-order valence-electron chi connectivity index (χ3n) is 5.39. The van der Waals surface area contributed by atoms with Crippen molar-refractivity contribution in [1.29, 1.82) is 0 Å². The van der Waals surface area contributed by atoms with Crippen molar-refractivity contribution in [3.63, 3.8) is 0 Å². The van der Waals surface area contributed by atoms with E-state index in [1.165, 1.54) is 23.9 Å². The van der Waals surface area contributed by atoms with Gasteiger partial charge >= 0.3 is 0 Å². The number of halogens is 1.